The van der Waals surface area contributed by atoms with Crippen molar-refractivity contribution in [1.29, 1.82) is 0 Å². The van der Waals surface area contributed by atoms with E-state index in [0.29, 0.717) is 11.4 Å². The lowest BCUT2D eigenvalue weighted by Gasteiger charge is -2.04. The molecule has 0 saturated heterocycles. The van der Waals surface area contributed by atoms with Crippen LogP contribution in [0.3, 0.4) is 0 Å². The van der Waals surface area contributed by atoms with Crippen LogP contribution in [0.2, 0.25) is 0 Å². The molecule has 0 radical (unpaired) electrons. The van der Waals surface area contributed by atoms with Gasteiger partial charge in [0, 0.05) is 29.2 Å². The molecule has 0 bridgehead atoms. The van der Waals surface area contributed by atoms with E-state index in [9.17, 15) is 4.79 Å². The molecular formula is C21H22N4O2. The van der Waals surface area contributed by atoms with Gasteiger partial charge in [0.2, 0.25) is 5.91 Å². The highest BCUT2D eigenvalue weighted by Crippen LogP contribution is 2.31. The van der Waals surface area contributed by atoms with E-state index in [4.69, 9.17) is 16.2 Å². The maximum atomic E-state index is 11.3. The molecule has 5 N–H and O–H groups in total. The van der Waals surface area contributed by atoms with Crippen LogP contribution in [0.15, 0.2) is 42.5 Å². The summed E-state index contributed by atoms with van der Waals surface area (Å²) in [5, 5.41) is 3.66. The Morgan fingerprint density at radius 3 is 2.56 bits per heavy atom. The second-order valence-electron chi connectivity index (χ2n) is 5.97. The van der Waals surface area contributed by atoms with E-state index in [1.807, 2.05) is 30.3 Å². The molecule has 3 rings (SSSR count). The van der Waals surface area contributed by atoms with Crippen LogP contribution < -0.4 is 21.5 Å². The average Bonchev–Trinajstić information content (AvgIpc) is 2.97. The van der Waals surface area contributed by atoms with Crippen molar-refractivity contribution in [3.05, 3.63) is 53.7 Å². The molecule has 27 heavy (non-hydrogen) atoms. The SMILES string of the molecule is CCn1c(C#Cc2ccc(NC(=O)CN)cc2)c(N)c2ccc(OC)cc21. The number of nitrogen functional groups attached to an aromatic ring is 1. The first-order valence-electron chi connectivity index (χ1n) is 8.65. The fourth-order valence-corrected chi connectivity index (χ4v) is 2.93. The summed E-state index contributed by atoms with van der Waals surface area (Å²) in [4.78, 5) is 11.3. The monoisotopic (exact) mass is 362 g/mol. The van der Waals surface area contributed by atoms with E-state index >= 15 is 0 Å². The van der Waals surface area contributed by atoms with Crippen LogP contribution in [-0.4, -0.2) is 24.1 Å². The van der Waals surface area contributed by atoms with Gasteiger partial charge in [-0.2, -0.15) is 0 Å². The molecule has 0 saturated carbocycles. The van der Waals surface area contributed by atoms with E-state index in [2.05, 4.69) is 28.6 Å². The molecule has 0 atom stereocenters. The largest absolute Gasteiger partial charge is 0.497 e. The number of rotatable bonds is 4. The van der Waals surface area contributed by atoms with Crippen LogP contribution in [0.4, 0.5) is 11.4 Å². The predicted octanol–water partition coefficient (Wildman–Crippen LogP) is 2.55. The molecule has 0 spiro atoms. The van der Waals surface area contributed by atoms with E-state index < -0.39 is 0 Å². The number of hydrogen-bond acceptors (Lipinski definition) is 4. The van der Waals surface area contributed by atoms with Gasteiger partial charge in [0.05, 0.1) is 24.9 Å². The number of carbonyl (C=O) groups excluding carboxylic acids is 1. The zero-order valence-corrected chi connectivity index (χ0v) is 15.4. The summed E-state index contributed by atoms with van der Waals surface area (Å²) in [6, 6.07) is 13.1. The topological polar surface area (TPSA) is 95.3 Å². The Morgan fingerprint density at radius 1 is 1.19 bits per heavy atom. The summed E-state index contributed by atoms with van der Waals surface area (Å²) in [5.41, 5.74) is 15.6. The Labute approximate surface area is 158 Å². The van der Waals surface area contributed by atoms with Crippen LogP contribution in [0.1, 0.15) is 18.2 Å². The molecule has 0 aliphatic carbocycles. The van der Waals surface area contributed by atoms with Gasteiger partial charge in [-0.1, -0.05) is 5.92 Å². The zero-order valence-electron chi connectivity index (χ0n) is 15.4. The standard InChI is InChI=1S/C21H22N4O2/c1-3-25-18(21(23)17-10-9-16(27-2)12-19(17)25)11-6-14-4-7-15(8-5-14)24-20(26)13-22/h4-5,7-10,12H,3,13,22-23H2,1-2H3,(H,24,26). The van der Waals surface area contributed by atoms with Gasteiger partial charge >= 0.3 is 0 Å². The number of aromatic nitrogens is 1. The lowest BCUT2D eigenvalue weighted by Crippen LogP contribution is -2.21. The maximum Gasteiger partial charge on any atom is 0.238 e. The molecule has 3 aromatic rings. The highest BCUT2D eigenvalue weighted by Gasteiger charge is 2.13. The van der Waals surface area contributed by atoms with Crippen LogP contribution in [0.25, 0.3) is 10.9 Å². The molecule has 138 valence electrons. The van der Waals surface area contributed by atoms with E-state index in [1.165, 1.54) is 0 Å². The van der Waals surface area contributed by atoms with E-state index in [0.717, 1.165) is 34.5 Å². The Balaban J connectivity index is 1.95. The van der Waals surface area contributed by atoms with Gasteiger partial charge in [0.25, 0.3) is 0 Å². The number of amides is 1. The number of nitrogens with two attached hydrogens (primary N) is 2. The third kappa shape index (κ3) is 3.73. The van der Waals surface area contributed by atoms with Crippen molar-refractivity contribution in [2.45, 2.75) is 13.5 Å². The number of ether oxygens (including phenoxy) is 1. The van der Waals surface area contributed by atoms with Crippen molar-refractivity contribution in [3.63, 3.8) is 0 Å². The van der Waals surface area contributed by atoms with Crippen molar-refractivity contribution in [1.82, 2.24) is 4.57 Å². The first-order chi connectivity index (χ1) is 13.1. The molecule has 6 heteroatoms. The number of benzene rings is 2. The maximum absolute atomic E-state index is 11.3. The molecule has 0 aliphatic rings. The average molecular weight is 362 g/mol. The van der Waals surface area contributed by atoms with Gasteiger partial charge in [-0.15, -0.1) is 0 Å². The van der Waals surface area contributed by atoms with Crippen LogP contribution in [0.5, 0.6) is 5.75 Å². The number of nitrogens with one attached hydrogen (secondary N) is 1. The van der Waals surface area contributed by atoms with Gasteiger partial charge in [0.15, 0.2) is 0 Å². The Hall–Kier alpha value is -3.43. The number of methoxy groups -OCH3 is 1. The molecular weight excluding hydrogens is 340 g/mol. The van der Waals surface area contributed by atoms with Crippen molar-refractivity contribution >= 4 is 28.2 Å². The lowest BCUT2D eigenvalue weighted by atomic mass is 10.2. The Morgan fingerprint density at radius 2 is 1.93 bits per heavy atom. The van der Waals surface area contributed by atoms with E-state index in [1.54, 1.807) is 19.2 Å². The van der Waals surface area contributed by atoms with Crippen LogP contribution in [-0.2, 0) is 11.3 Å². The van der Waals surface area contributed by atoms with E-state index in [-0.39, 0.29) is 12.5 Å². The van der Waals surface area contributed by atoms with Gasteiger partial charge in [-0.25, -0.2) is 0 Å². The fraction of sp³-hybridized carbons (Fsp3) is 0.190. The fourth-order valence-electron chi connectivity index (χ4n) is 2.93. The minimum absolute atomic E-state index is 0.0484. The number of fused-ring (bicyclic) bond motifs is 1. The van der Waals surface area contributed by atoms with Crippen LogP contribution >= 0.6 is 0 Å². The van der Waals surface area contributed by atoms with Gasteiger partial charge in [-0.05, 0) is 49.2 Å². The summed E-state index contributed by atoms with van der Waals surface area (Å²) in [6.45, 7) is 2.75. The molecule has 0 aliphatic heterocycles. The predicted molar refractivity (Wildman–Crippen MR) is 109 cm³/mol. The molecule has 6 nitrogen and oxygen atoms in total. The number of carbonyl (C=O) groups is 1. The normalized spacial score (nSPS) is 10.3. The highest BCUT2D eigenvalue weighted by molar-refractivity contribution is 5.96. The number of nitrogens with zero attached hydrogens (tertiary/aromatic N) is 1. The summed E-state index contributed by atoms with van der Waals surface area (Å²) in [7, 11) is 1.64. The molecule has 0 unspecified atom stereocenters. The second-order valence-corrected chi connectivity index (χ2v) is 5.97. The van der Waals surface area contributed by atoms with Gasteiger partial charge in [-0.3, -0.25) is 4.79 Å². The Bertz CT molecular complexity index is 1040. The molecule has 2 aromatic carbocycles. The molecule has 1 heterocycles. The third-order valence-electron chi connectivity index (χ3n) is 4.31. The van der Waals surface area contributed by atoms with Crippen molar-refractivity contribution in [2.24, 2.45) is 5.73 Å². The number of anilines is 2. The van der Waals surface area contributed by atoms with Gasteiger partial charge < -0.3 is 26.1 Å². The van der Waals surface area contributed by atoms with Crippen molar-refractivity contribution in [3.8, 4) is 17.6 Å². The third-order valence-corrected chi connectivity index (χ3v) is 4.31. The summed E-state index contributed by atoms with van der Waals surface area (Å²) >= 11 is 0. The molecule has 0 fully saturated rings. The lowest BCUT2D eigenvalue weighted by molar-refractivity contribution is -0.114. The first-order valence-corrected chi connectivity index (χ1v) is 8.65. The smallest absolute Gasteiger partial charge is 0.238 e. The quantitative estimate of drug-likeness (QED) is 0.622. The highest BCUT2D eigenvalue weighted by atomic mass is 16.5. The van der Waals surface area contributed by atoms with Crippen LogP contribution in [0, 0.1) is 11.8 Å². The first kappa shape index (κ1) is 18.4. The minimum Gasteiger partial charge on any atom is -0.497 e. The van der Waals surface area contributed by atoms with Crippen molar-refractivity contribution in [2.75, 3.05) is 24.7 Å². The summed E-state index contributed by atoms with van der Waals surface area (Å²) in [6.07, 6.45) is 0. The summed E-state index contributed by atoms with van der Waals surface area (Å²) < 4.78 is 7.40. The van der Waals surface area contributed by atoms with Gasteiger partial charge in [0.1, 0.15) is 11.4 Å². The summed E-state index contributed by atoms with van der Waals surface area (Å²) in [5.74, 6) is 6.88. The number of aryl methyl sites for hydroxylation is 1. The number of hydrogen-bond donors (Lipinski definition) is 3. The zero-order chi connectivity index (χ0) is 19.4. The minimum atomic E-state index is -0.232. The second kappa shape index (κ2) is 7.85. The Kier molecular flexibility index (Phi) is 5.34. The van der Waals surface area contributed by atoms with Crippen molar-refractivity contribution < 1.29 is 9.53 Å². The molecule has 1 amide bonds. The molecule has 1 aromatic heterocycles.